The second kappa shape index (κ2) is 10.3. The molecule has 7 nitrogen and oxygen atoms in total. The summed E-state index contributed by atoms with van der Waals surface area (Å²) < 4.78 is 16.8. The van der Waals surface area contributed by atoms with Crippen molar-refractivity contribution in [2.75, 3.05) is 32.8 Å². The van der Waals surface area contributed by atoms with Crippen LogP contribution < -0.4 is 0 Å². The number of hydrogen-bond acceptors (Lipinski definition) is 5. The molecule has 2 saturated heterocycles. The zero-order valence-electron chi connectivity index (χ0n) is 20.2. The summed E-state index contributed by atoms with van der Waals surface area (Å²) in [6, 6.07) is 9.98. The first-order valence-electron chi connectivity index (χ1n) is 12.3. The van der Waals surface area contributed by atoms with Crippen LogP contribution in [0.2, 0.25) is 0 Å². The Balaban J connectivity index is 1.37. The molecule has 3 aliphatic rings. The number of nitrogens with zero attached hydrogens (tertiary/aromatic N) is 2. The number of likely N-dealkylation sites (tertiary alicyclic amines) is 1. The van der Waals surface area contributed by atoms with Crippen LogP contribution in [0.25, 0.3) is 0 Å². The molecule has 3 atom stereocenters. The first-order chi connectivity index (χ1) is 15.8. The predicted molar refractivity (Wildman–Crippen MR) is 125 cm³/mol. The summed E-state index contributed by atoms with van der Waals surface area (Å²) in [5.41, 5.74) is 0.508. The molecule has 0 spiro atoms. The molecule has 7 heteroatoms. The predicted octanol–water partition coefficient (Wildman–Crippen LogP) is 4.70. The summed E-state index contributed by atoms with van der Waals surface area (Å²) >= 11 is 0. The Morgan fingerprint density at radius 1 is 1.06 bits per heavy atom. The summed E-state index contributed by atoms with van der Waals surface area (Å²) in [6.45, 7) is 9.64. The molecule has 2 amide bonds. The standard InChI is InChI=1S/C26H38N2O5/c1-26(2,3)33-24(29)27-16-21-13-23(14-22(21)17-27)28(15-19-9-11-31-12-10-19)25(30)32-18-20-7-5-4-6-8-20/h4-8,19,21-23H,9-18H2,1-3H3/t21-,22+,23?. The Bertz CT molecular complexity index is 789. The smallest absolute Gasteiger partial charge is 0.410 e. The van der Waals surface area contributed by atoms with Crippen LogP contribution in [0.3, 0.4) is 0 Å². The van der Waals surface area contributed by atoms with Crippen LogP contribution in [0.5, 0.6) is 0 Å². The van der Waals surface area contributed by atoms with Crippen molar-refractivity contribution in [2.45, 2.75) is 64.7 Å². The Morgan fingerprint density at radius 2 is 1.70 bits per heavy atom. The minimum absolute atomic E-state index is 0.159. The highest BCUT2D eigenvalue weighted by Gasteiger charge is 2.46. The highest BCUT2D eigenvalue weighted by atomic mass is 16.6. The van der Waals surface area contributed by atoms with Crippen molar-refractivity contribution in [3.8, 4) is 0 Å². The van der Waals surface area contributed by atoms with Crippen LogP contribution >= 0.6 is 0 Å². The topological polar surface area (TPSA) is 68.3 Å². The van der Waals surface area contributed by atoms with Gasteiger partial charge in [0.25, 0.3) is 0 Å². The number of benzene rings is 1. The van der Waals surface area contributed by atoms with E-state index in [1.807, 2.05) is 60.9 Å². The molecule has 4 rings (SSSR count). The molecule has 0 radical (unpaired) electrons. The van der Waals surface area contributed by atoms with E-state index in [2.05, 4.69) is 0 Å². The lowest BCUT2D eigenvalue weighted by Gasteiger charge is -2.34. The van der Waals surface area contributed by atoms with Crippen LogP contribution in [0.15, 0.2) is 30.3 Å². The van der Waals surface area contributed by atoms with Gasteiger partial charge in [0.2, 0.25) is 0 Å². The maximum Gasteiger partial charge on any atom is 0.410 e. The van der Waals surface area contributed by atoms with Crippen LogP contribution in [-0.2, 0) is 20.8 Å². The number of carbonyl (C=O) groups excluding carboxylic acids is 2. The lowest BCUT2D eigenvalue weighted by molar-refractivity contribution is 0.0251. The molecular weight excluding hydrogens is 420 g/mol. The molecule has 1 unspecified atom stereocenters. The average molecular weight is 459 g/mol. The number of fused-ring (bicyclic) bond motifs is 1. The van der Waals surface area contributed by atoms with E-state index < -0.39 is 5.60 Å². The Labute approximate surface area is 197 Å². The first-order valence-corrected chi connectivity index (χ1v) is 12.3. The van der Waals surface area contributed by atoms with Gasteiger partial charge in [-0.15, -0.1) is 0 Å². The second-order valence-corrected chi connectivity index (χ2v) is 10.8. The maximum absolute atomic E-state index is 13.2. The van der Waals surface area contributed by atoms with Crippen molar-refractivity contribution in [3.05, 3.63) is 35.9 Å². The molecule has 3 fully saturated rings. The van der Waals surface area contributed by atoms with Crippen molar-refractivity contribution in [1.29, 1.82) is 0 Å². The van der Waals surface area contributed by atoms with E-state index in [0.717, 1.165) is 51.0 Å². The van der Waals surface area contributed by atoms with E-state index in [1.54, 1.807) is 0 Å². The van der Waals surface area contributed by atoms with Gasteiger partial charge in [-0.1, -0.05) is 30.3 Å². The van der Waals surface area contributed by atoms with E-state index in [1.165, 1.54) is 0 Å². The number of amides is 2. The summed E-state index contributed by atoms with van der Waals surface area (Å²) in [7, 11) is 0. The van der Waals surface area contributed by atoms with Crippen LogP contribution in [0.1, 0.15) is 52.0 Å². The highest BCUT2D eigenvalue weighted by molar-refractivity contribution is 5.69. The summed E-state index contributed by atoms with van der Waals surface area (Å²) in [5, 5.41) is 0. The molecule has 2 heterocycles. The molecule has 1 aromatic carbocycles. The molecule has 1 aliphatic carbocycles. The third-order valence-corrected chi connectivity index (χ3v) is 7.05. The van der Waals surface area contributed by atoms with Gasteiger partial charge in [-0.25, -0.2) is 9.59 Å². The van der Waals surface area contributed by atoms with Gasteiger partial charge in [-0.3, -0.25) is 0 Å². The third kappa shape index (κ3) is 6.40. The lowest BCUT2D eigenvalue weighted by Crippen LogP contribution is -2.44. The molecule has 0 N–H and O–H groups in total. The zero-order chi connectivity index (χ0) is 23.4. The second-order valence-electron chi connectivity index (χ2n) is 10.8. The molecule has 1 aromatic rings. The van der Waals surface area contributed by atoms with Gasteiger partial charge in [-0.05, 0) is 69.8 Å². The summed E-state index contributed by atoms with van der Waals surface area (Å²) in [4.78, 5) is 29.5. The van der Waals surface area contributed by atoms with Gasteiger partial charge in [0.05, 0.1) is 0 Å². The Morgan fingerprint density at radius 3 is 2.30 bits per heavy atom. The molecule has 1 saturated carbocycles. The van der Waals surface area contributed by atoms with Gasteiger partial charge >= 0.3 is 12.2 Å². The third-order valence-electron chi connectivity index (χ3n) is 7.05. The quantitative estimate of drug-likeness (QED) is 0.640. The van der Waals surface area contributed by atoms with Crippen LogP contribution in [0, 0.1) is 17.8 Å². The van der Waals surface area contributed by atoms with Crippen molar-refractivity contribution in [2.24, 2.45) is 17.8 Å². The first kappa shape index (κ1) is 23.9. The van der Waals surface area contributed by atoms with Gasteiger partial charge < -0.3 is 24.0 Å². The number of carbonyl (C=O) groups is 2. The van der Waals surface area contributed by atoms with Crippen molar-refractivity contribution in [3.63, 3.8) is 0 Å². The number of ether oxygens (including phenoxy) is 3. The Kier molecular flexibility index (Phi) is 7.47. The monoisotopic (exact) mass is 458 g/mol. The maximum atomic E-state index is 13.2. The van der Waals surface area contributed by atoms with E-state index >= 15 is 0 Å². The van der Waals surface area contributed by atoms with Crippen molar-refractivity contribution in [1.82, 2.24) is 9.80 Å². The van der Waals surface area contributed by atoms with E-state index in [-0.39, 0.29) is 24.8 Å². The molecule has 2 aliphatic heterocycles. The molecule has 0 bridgehead atoms. The fraction of sp³-hybridized carbons (Fsp3) is 0.692. The van der Waals surface area contributed by atoms with E-state index in [9.17, 15) is 9.59 Å². The normalized spacial score (nSPS) is 25.5. The minimum Gasteiger partial charge on any atom is -0.445 e. The fourth-order valence-corrected chi connectivity index (χ4v) is 5.38. The Hall–Kier alpha value is -2.28. The minimum atomic E-state index is -0.486. The molecule has 182 valence electrons. The van der Waals surface area contributed by atoms with Gasteiger partial charge in [-0.2, -0.15) is 0 Å². The van der Waals surface area contributed by atoms with Crippen LogP contribution in [0.4, 0.5) is 9.59 Å². The highest BCUT2D eigenvalue weighted by Crippen LogP contribution is 2.41. The largest absolute Gasteiger partial charge is 0.445 e. The SMILES string of the molecule is CC(C)(C)OC(=O)N1C[C@H]2CC(N(CC3CCOCC3)C(=O)OCc3ccccc3)C[C@H]2C1. The van der Waals surface area contributed by atoms with Crippen molar-refractivity contribution < 1.29 is 23.8 Å². The summed E-state index contributed by atoms with van der Waals surface area (Å²) in [6.07, 6.45) is 3.33. The van der Waals surface area contributed by atoms with Gasteiger partial charge in [0, 0.05) is 38.9 Å². The number of rotatable bonds is 5. The summed E-state index contributed by atoms with van der Waals surface area (Å²) in [5.74, 6) is 1.25. The number of hydrogen-bond donors (Lipinski definition) is 0. The van der Waals surface area contributed by atoms with E-state index in [4.69, 9.17) is 14.2 Å². The van der Waals surface area contributed by atoms with Crippen molar-refractivity contribution >= 4 is 12.2 Å². The fourth-order valence-electron chi connectivity index (χ4n) is 5.38. The zero-order valence-corrected chi connectivity index (χ0v) is 20.2. The van der Waals surface area contributed by atoms with Crippen LogP contribution in [-0.4, -0.2) is 66.5 Å². The molecule has 33 heavy (non-hydrogen) atoms. The van der Waals surface area contributed by atoms with Gasteiger partial charge in [0.15, 0.2) is 0 Å². The van der Waals surface area contributed by atoms with Gasteiger partial charge in [0.1, 0.15) is 12.2 Å². The molecule has 0 aromatic heterocycles. The average Bonchev–Trinajstić information content (AvgIpc) is 3.36. The molecular formula is C26H38N2O5. The van der Waals surface area contributed by atoms with E-state index in [0.29, 0.717) is 30.8 Å². The lowest BCUT2D eigenvalue weighted by atomic mass is 9.98.